The SMILES string of the molecule is Cc1cc(Br)cc(C)c1NC(=O)CSCCO. The number of halogens is 1. The molecule has 0 radical (unpaired) electrons. The van der Waals surface area contributed by atoms with Gasteiger partial charge >= 0.3 is 0 Å². The Balaban J connectivity index is 2.65. The molecule has 0 fully saturated rings. The lowest BCUT2D eigenvalue weighted by Gasteiger charge is -2.12. The van der Waals surface area contributed by atoms with Gasteiger partial charge in [0, 0.05) is 15.9 Å². The zero-order valence-electron chi connectivity index (χ0n) is 9.92. The molecular weight excluding hydrogens is 302 g/mol. The van der Waals surface area contributed by atoms with Crippen LogP contribution in [0.15, 0.2) is 16.6 Å². The highest BCUT2D eigenvalue weighted by Crippen LogP contribution is 2.25. The number of nitrogens with one attached hydrogen (secondary N) is 1. The highest BCUT2D eigenvalue weighted by atomic mass is 79.9. The van der Waals surface area contributed by atoms with E-state index in [1.165, 1.54) is 11.8 Å². The molecule has 0 saturated carbocycles. The molecular formula is C12H16BrNO2S. The molecule has 5 heteroatoms. The van der Waals surface area contributed by atoms with Crippen molar-refractivity contribution in [3.8, 4) is 0 Å². The van der Waals surface area contributed by atoms with Gasteiger partial charge in [0.25, 0.3) is 0 Å². The number of anilines is 1. The molecule has 0 unspecified atom stereocenters. The summed E-state index contributed by atoms with van der Waals surface area (Å²) < 4.78 is 1.01. The summed E-state index contributed by atoms with van der Waals surface area (Å²) in [6.45, 7) is 4.04. The summed E-state index contributed by atoms with van der Waals surface area (Å²) in [5.41, 5.74) is 2.96. The molecule has 0 aliphatic rings. The maximum Gasteiger partial charge on any atom is 0.234 e. The summed E-state index contributed by atoms with van der Waals surface area (Å²) in [6, 6.07) is 3.95. The summed E-state index contributed by atoms with van der Waals surface area (Å²) in [6.07, 6.45) is 0. The number of aliphatic hydroxyl groups excluding tert-OH is 1. The third-order valence-corrected chi connectivity index (χ3v) is 3.63. The number of amides is 1. The number of aryl methyl sites for hydroxylation is 2. The van der Waals surface area contributed by atoms with Crippen LogP contribution < -0.4 is 5.32 Å². The van der Waals surface area contributed by atoms with Gasteiger partial charge in [-0.15, -0.1) is 11.8 Å². The van der Waals surface area contributed by atoms with E-state index in [0.29, 0.717) is 11.5 Å². The Morgan fingerprint density at radius 1 is 1.41 bits per heavy atom. The van der Waals surface area contributed by atoms with Crippen molar-refractivity contribution in [1.29, 1.82) is 0 Å². The first kappa shape index (κ1) is 14.5. The highest BCUT2D eigenvalue weighted by Gasteiger charge is 2.08. The topological polar surface area (TPSA) is 49.3 Å². The van der Waals surface area contributed by atoms with E-state index in [0.717, 1.165) is 21.3 Å². The fraction of sp³-hybridized carbons (Fsp3) is 0.417. The number of rotatable bonds is 5. The van der Waals surface area contributed by atoms with Crippen molar-refractivity contribution >= 4 is 39.3 Å². The number of benzene rings is 1. The normalized spacial score (nSPS) is 10.4. The number of carbonyl (C=O) groups excluding carboxylic acids is 1. The van der Waals surface area contributed by atoms with Crippen molar-refractivity contribution in [1.82, 2.24) is 0 Å². The number of hydrogen-bond donors (Lipinski definition) is 2. The number of thioether (sulfide) groups is 1. The van der Waals surface area contributed by atoms with Gasteiger partial charge in [-0.25, -0.2) is 0 Å². The zero-order chi connectivity index (χ0) is 12.8. The number of hydrogen-bond acceptors (Lipinski definition) is 3. The number of carbonyl (C=O) groups is 1. The van der Waals surface area contributed by atoms with Crippen LogP contribution >= 0.6 is 27.7 Å². The Kier molecular flexibility index (Phi) is 6.02. The summed E-state index contributed by atoms with van der Waals surface area (Å²) in [4.78, 5) is 11.7. The van der Waals surface area contributed by atoms with Crippen molar-refractivity contribution < 1.29 is 9.90 Å². The quantitative estimate of drug-likeness (QED) is 0.821. The molecule has 0 saturated heterocycles. The lowest BCUT2D eigenvalue weighted by atomic mass is 10.1. The van der Waals surface area contributed by atoms with E-state index in [-0.39, 0.29) is 12.5 Å². The van der Waals surface area contributed by atoms with Gasteiger partial charge in [-0.1, -0.05) is 15.9 Å². The highest BCUT2D eigenvalue weighted by molar-refractivity contribution is 9.10. The minimum atomic E-state index is -0.0306. The van der Waals surface area contributed by atoms with Gasteiger partial charge in [0.1, 0.15) is 0 Å². The predicted molar refractivity (Wildman–Crippen MR) is 76.7 cm³/mol. The largest absolute Gasteiger partial charge is 0.396 e. The standard InChI is InChI=1S/C12H16BrNO2S/c1-8-5-10(13)6-9(2)12(8)14-11(16)7-17-4-3-15/h5-6,15H,3-4,7H2,1-2H3,(H,14,16). The molecule has 3 nitrogen and oxygen atoms in total. The second-order valence-electron chi connectivity index (χ2n) is 3.74. The van der Waals surface area contributed by atoms with Crippen molar-refractivity contribution in [2.24, 2.45) is 0 Å². The van der Waals surface area contributed by atoms with Gasteiger partial charge in [0.05, 0.1) is 12.4 Å². The second-order valence-corrected chi connectivity index (χ2v) is 5.76. The molecule has 0 atom stereocenters. The molecule has 1 amide bonds. The first-order valence-electron chi connectivity index (χ1n) is 5.29. The Hall–Kier alpha value is -0.520. The molecule has 1 aromatic rings. The van der Waals surface area contributed by atoms with E-state index in [4.69, 9.17) is 5.11 Å². The van der Waals surface area contributed by atoms with Crippen LogP contribution in [-0.2, 0) is 4.79 Å². The van der Waals surface area contributed by atoms with Crippen molar-refractivity contribution in [2.75, 3.05) is 23.4 Å². The molecule has 94 valence electrons. The van der Waals surface area contributed by atoms with Crippen LogP contribution in [0, 0.1) is 13.8 Å². The number of aliphatic hydroxyl groups is 1. The molecule has 1 aromatic carbocycles. The Morgan fingerprint density at radius 2 is 2.00 bits per heavy atom. The smallest absolute Gasteiger partial charge is 0.234 e. The van der Waals surface area contributed by atoms with Gasteiger partial charge in [0.2, 0.25) is 5.91 Å². The van der Waals surface area contributed by atoms with E-state index < -0.39 is 0 Å². The van der Waals surface area contributed by atoms with Crippen LogP contribution in [0.1, 0.15) is 11.1 Å². The fourth-order valence-corrected chi connectivity index (χ4v) is 2.73. The molecule has 2 N–H and O–H groups in total. The van der Waals surface area contributed by atoms with Crippen LogP contribution in [0.3, 0.4) is 0 Å². The molecule has 1 rings (SSSR count). The Bertz CT molecular complexity index is 386. The molecule has 0 bridgehead atoms. The first-order chi connectivity index (χ1) is 8.04. The van der Waals surface area contributed by atoms with Crippen LogP contribution in [0.5, 0.6) is 0 Å². The van der Waals surface area contributed by atoms with Crippen LogP contribution in [-0.4, -0.2) is 29.1 Å². The van der Waals surface area contributed by atoms with E-state index >= 15 is 0 Å². The molecule has 0 aliphatic heterocycles. The minimum absolute atomic E-state index is 0.0306. The maximum atomic E-state index is 11.7. The van der Waals surface area contributed by atoms with Crippen molar-refractivity contribution in [3.63, 3.8) is 0 Å². The zero-order valence-corrected chi connectivity index (χ0v) is 12.3. The fourth-order valence-electron chi connectivity index (χ4n) is 1.51. The molecule has 0 spiro atoms. The molecule has 0 aromatic heterocycles. The van der Waals surface area contributed by atoms with E-state index in [9.17, 15) is 4.79 Å². The van der Waals surface area contributed by atoms with E-state index in [2.05, 4.69) is 21.2 Å². The van der Waals surface area contributed by atoms with Gasteiger partial charge in [-0.05, 0) is 37.1 Å². The average molecular weight is 318 g/mol. The van der Waals surface area contributed by atoms with Crippen molar-refractivity contribution in [3.05, 3.63) is 27.7 Å². The summed E-state index contributed by atoms with van der Waals surface area (Å²) in [7, 11) is 0. The average Bonchev–Trinajstić information content (AvgIpc) is 2.24. The lowest BCUT2D eigenvalue weighted by Crippen LogP contribution is -2.16. The van der Waals surface area contributed by atoms with Crippen molar-refractivity contribution in [2.45, 2.75) is 13.8 Å². The molecule has 0 heterocycles. The second kappa shape index (κ2) is 7.03. The predicted octanol–water partition coefficient (Wildman–Crippen LogP) is 2.73. The van der Waals surface area contributed by atoms with Crippen LogP contribution in [0.25, 0.3) is 0 Å². The van der Waals surface area contributed by atoms with Gasteiger partial charge in [-0.3, -0.25) is 4.79 Å². The Morgan fingerprint density at radius 3 is 2.53 bits per heavy atom. The van der Waals surface area contributed by atoms with E-state index in [1.807, 2.05) is 26.0 Å². The lowest BCUT2D eigenvalue weighted by molar-refractivity contribution is -0.113. The summed E-state index contributed by atoms with van der Waals surface area (Å²) in [5.74, 6) is 0.929. The minimum Gasteiger partial charge on any atom is -0.396 e. The molecule has 17 heavy (non-hydrogen) atoms. The summed E-state index contributed by atoms with van der Waals surface area (Å²) >= 11 is 4.84. The maximum absolute atomic E-state index is 11.7. The molecule has 0 aliphatic carbocycles. The van der Waals surface area contributed by atoms with Gasteiger partial charge in [0.15, 0.2) is 0 Å². The van der Waals surface area contributed by atoms with Crippen LogP contribution in [0.4, 0.5) is 5.69 Å². The van der Waals surface area contributed by atoms with E-state index in [1.54, 1.807) is 0 Å². The Labute approximate surface area is 114 Å². The summed E-state index contributed by atoms with van der Waals surface area (Å²) in [5, 5.41) is 11.5. The first-order valence-corrected chi connectivity index (χ1v) is 7.24. The third-order valence-electron chi connectivity index (χ3n) is 2.23. The monoisotopic (exact) mass is 317 g/mol. The van der Waals surface area contributed by atoms with Gasteiger partial charge < -0.3 is 10.4 Å². The third kappa shape index (κ3) is 4.69. The van der Waals surface area contributed by atoms with Gasteiger partial charge in [-0.2, -0.15) is 0 Å². The van der Waals surface area contributed by atoms with Crippen LogP contribution in [0.2, 0.25) is 0 Å².